The van der Waals surface area contributed by atoms with Crippen molar-refractivity contribution >= 4 is 5.78 Å². The van der Waals surface area contributed by atoms with Crippen molar-refractivity contribution in [1.29, 1.82) is 0 Å². The Balaban J connectivity index is 2.08. The SMILES string of the molecule is Cc1cc(C)cc(OCC(=O)c2ccc(F)cc2F)c1. The van der Waals surface area contributed by atoms with Gasteiger partial charge in [-0.2, -0.15) is 0 Å². The number of aryl methyl sites for hydroxylation is 2. The van der Waals surface area contributed by atoms with Crippen LogP contribution in [0.3, 0.4) is 0 Å². The maximum absolute atomic E-state index is 13.4. The van der Waals surface area contributed by atoms with Crippen molar-refractivity contribution in [2.45, 2.75) is 13.8 Å². The fourth-order valence-electron chi connectivity index (χ4n) is 1.96. The largest absolute Gasteiger partial charge is 0.485 e. The number of hydrogen-bond acceptors (Lipinski definition) is 2. The third kappa shape index (κ3) is 3.41. The average Bonchev–Trinajstić information content (AvgIpc) is 2.35. The van der Waals surface area contributed by atoms with Crippen molar-refractivity contribution in [1.82, 2.24) is 0 Å². The molecular formula is C16H14F2O2. The quantitative estimate of drug-likeness (QED) is 0.793. The van der Waals surface area contributed by atoms with Gasteiger partial charge in [-0.15, -0.1) is 0 Å². The summed E-state index contributed by atoms with van der Waals surface area (Å²) in [4.78, 5) is 11.8. The maximum Gasteiger partial charge on any atom is 0.203 e. The lowest BCUT2D eigenvalue weighted by Crippen LogP contribution is -2.13. The first-order chi connectivity index (χ1) is 9.45. The maximum atomic E-state index is 13.4. The molecule has 0 bridgehead atoms. The van der Waals surface area contributed by atoms with Crippen LogP contribution >= 0.6 is 0 Å². The molecule has 2 nitrogen and oxygen atoms in total. The van der Waals surface area contributed by atoms with E-state index in [1.54, 1.807) is 12.1 Å². The van der Waals surface area contributed by atoms with Crippen LogP contribution in [0.5, 0.6) is 5.75 Å². The van der Waals surface area contributed by atoms with Crippen LogP contribution in [-0.2, 0) is 0 Å². The van der Waals surface area contributed by atoms with Crippen molar-refractivity contribution < 1.29 is 18.3 Å². The van der Waals surface area contributed by atoms with Gasteiger partial charge in [-0.3, -0.25) is 4.79 Å². The van der Waals surface area contributed by atoms with E-state index < -0.39 is 17.4 Å². The second-order valence-corrected chi connectivity index (χ2v) is 4.66. The Kier molecular flexibility index (Phi) is 4.13. The molecule has 0 atom stereocenters. The molecule has 104 valence electrons. The summed E-state index contributed by atoms with van der Waals surface area (Å²) >= 11 is 0. The number of rotatable bonds is 4. The molecular weight excluding hydrogens is 262 g/mol. The second-order valence-electron chi connectivity index (χ2n) is 4.66. The third-order valence-corrected chi connectivity index (χ3v) is 2.80. The van der Waals surface area contributed by atoms with Gasteiger partial charge in [0, 0.05) is 6.07 Å². The summed E-state index contributed by atoms with van der Waals surface area (Å²) in [6.45, 7) is 3.55. The Morgan fingerprint density at radius 2 is 1.70 bits per heavy atom. The van der Waals surface area contributed by atoms with E-state index in [1.807, 2.05) is 19.9 Å². The molecule has 0 saturated carbocycles. The highest BCUT2D eigenvalue weighted by Gasteiger charge is 2.13. The molecule has 0 amide bonds. The van der Waals surface area contributed by atoms with Crippen LogP contribution in [0, 0.1) is 25.5 Å². The summed E-state index contributed by atoms with van der Waals surface area (Å²) in [5, 5.41) is 0. The number of ketones is 1. The fourth-order valence-corrected chi connectivity index (χ4v) is 1.96. The third-order valence-electron chi connectivity index (χ3n) is 2.80. The molecule has 4 heteroatoms. The number of halogens is 2. The van der Waals surface area contributed by atoms with E-state index in [4.69, 9.17) is 4.74 Å². The normalized spacial score (nSPS) is 10.4. The van der Waals surface area contributed by atoms with E-state index in [9.17, 15) is 13.6 Å². The van der Waals surface area contributed by atoms with Crippen LogP contribution in [0.25, 0.3) is 0 Å². The van der Waals surface area contributed by atoms with Crippen molar-refractivity contribution in [3.63, 3.8) is 0 Å². The molecule has 20 heavy (non-hydrogen) atoms. The van der Waals surface area contributed by atoms with Crippen LogP contribution in [0.15, 0.2) is 36.4 Å². The first-order valence-electron chi connectivity index (χ1n) is 6.15. The minimum absolute atomic E-state index is 0.171. The standard InChI is InChI=1S/C16H14F2O2/c1-10-5-11(2)7-13(6-10)20-9-16(19)14-4-3-12(17)8-15(14)18/h3-8H,9H2,1-2H3. The average molecular weight is 276 g/mol. The summed E-state index contributed by atoms with van der Waals surface area (Å²) in [6.07, 6.45) is 0. The number of ether oxygens (including phenoxy) is 1. The zero-order valence-electron chi connectivity index (χ0n) is 11.2. The summed E-state index contributed by atoms with van der Waals surface area (Å²) < 4.78 is 31.6. The summed E-state index contributed by atoms with van der Waals surface area (Å²) in [5.41, 5.74) is 1.86. The predicted octanol–water partition coefficient (Wildman–Crippen LogP) is 3.84. The molecule has 2 aromatic rings. The van der Waals surface area contributed by atoms with Gasteiger partial charge < -0.3 is 4.74 Å². The Labute approximate surface area is 116 Å². The highest BCUT2D eigenvalue weighted by molar-refractivity contribution is 5.97. The monoisotopic (exact) mass is 276 g/mol. The van der Waals surface area contributed by atoms with Gasteiger partial charge in [-0.05, 0) is 49.2 Å². The number of benzene rings is 2. The summed E-state index contributed by atoms with van der Waals surface area (Å²) in [5.74, 6) is -1.56. The lowest BCUT2D eigenvalue weighted by Gasteiger charge is -2.08. The molecule has 0 radical (unpaired) electrons. The number of Topliss-reactive ketones (excluding diaryl/α,β-unsaturated/α-hetero) is 1. The zero-order chi connectivity index (χ0) is 14.7. The topological polar surface area (TPSA) is 26.3 Å². The molecule has 0 aromatic heterocycles. The van der Waals surface area contributed by atoms with E-state index >= 15 is 0 Å². The van der Waals surface area contributed by atoms with Gasteiger partial charge in [0.25, 0.3) is 0 Å². The van der Waals surface area contributed by atoms with Crippen molar-refractivity contribution in [3.05, 3.63) is 64.7 Å². The summed E-state index contributed by atoms with van der Waals surface area (Å²) in [7, 11) is 0. The first-order valence-corrected chi connectivity index (χ1v) is 6.15. The van der Waals surface area contributed by atoms with E-state index in [1.165, 1.54) is 0 Å². The van der Waals surface area contributed by atoms with Crippen molar-refractivity contribution in [2.75, 3.05) is 6.61 Å². The molecule has 2 rings (SSSR count). The molecule has 0 unspecified atom stereocenters. The lowest BCUT2D eigenvalue weighted by molar-refractivity contribution is 0.0917. The molecule has 0 aliphatic carbocycles. The number of carbonyl (C=O) groups excluding carboxylic acids is 1. The molecule has 2 aromatic carbocycles. The number of carbonyl (C=O) groups is 1. The Hall–Kier alpha value is -2.23. The van der Waals surface area contributed by atoms with Gasteiger partial charge in [0.05, 0.1) is 5.56 Å². The molecule has 0 N–H and O–H groups in total. The van der Waals surface area contributed by atoms with E-state index in [2.05, 4.69) is 0 Å². The molecule has 0 fully saturated rings. The summed E-state index contributed by atoms with van der Waals surface area (Å²) in [6, 6.07) is 8.42. The van der Waals surface area contributed by atoms with Gasteiger partial charge in [0.1, 0.15) is 17.4 Å². The molecule has 0 spiro atoms. The highest BCUT2D eigenvalue weighted by atomic mass is 19.1. The van der Waals surface area contributed by atoms with Gasteiger partial charge in [-0.1, -0.05) is 6.07 Å². The fraction of sp³-hybridized carbons (Fsp3) is 0.188. The second kappa shape index (κ2) is 5.82. The Morgan fingerprint density at radius 1 is 1.05 bits per heavy atom. The minimum Gasteiger partial charge on any atom is -0.485 e. The van der Waals surface area contributed by atoms with Gasteiger partial charge in [-0.25, -0.2) is 8.78 Å². The van der Waals surface area contributed by atoms with Gasteiger partial charge >= 0.3 is 0 Å². The minimum atomic E-state index is -0.876. The van der Waals surface area contributed by atoms with E-state index in [-0.39, 0.29) is 12.2 Å². The van der Waals surface area contributed by atoms with Crippen LogP contribution in [-0.4, -0.2) is 12.4 Å². The molecule has 0 aliphatic rings. The molecule has 0 saturated heterocycles. The van der Waals surface area contributed by atoms with Gasteiger partial charge in [0.15, 0.2) is 6.61 Å². The lowest BCUT2D eigenvalue weighted by atomic mass is 10.1. The molecule has 0 heterocycles. The highest BCUT2D eigenvalue weighted by Crippen LogP contribution is 2.17. The Bertz CT molecular complexity index is 631. The van der Waals surface area contributed by atoms with Crippen molar-refractivity contribution in [3.8, 4) is 5.75 Å². The van der Waals surface area contributed by atoms with Crippen LogP contribution in [0.4, 0.5) is 8.78 Å². The van der Waals surface area contributed by atoms with Crippen LogP contribution < -0.4 is 4.74 Å². The van der Waals surface area contributed by atoms with Gasteiger partial charge in [0.2, 0.25) is 5.78 Å². The van der Waals surface area contributed by atoms with Crippen molar-refractivity contribution in [2.24, 2.45) is 0 Å². The molecule has 0 aliphatic heterocycles. The predicted molar refractivity (Wildman–Crippen MR) is 72.1 cm³/mol. The van der Waals surface area contributed by atoms with E-state index in [0.29, 0.717) is 11.8 Å². The number of hydrogen-bond donors (Lipinski definition) is 0. The zero-order valence-corrected chi connectivity index (χ0v) is 11.2. The van der Waals surface area contributed by atoms with E-state index in [0.717, 1.165) is 23.3 Å². The van der Waals surface area contributed by atoms with Crippen LogP contribution in [0.2, 0.25) is 0 Å². The smallest absolute Gasteiger partial charge is 0.203 e. The van der Waals surface area contributed by atoms with Crippen LogP contribution in [0.1, 0.15) is 21.5 Å². The first kappa shape index (κ1) is 14.2. The Morgan fingerprint density at radius 3 is 2.30 bits per heavy atom.